The Kier molecular flexibility index (Phi) is 4.29. The van der Waals surface area contributed by atoms with E-state index in [9.17, 15) is 4.79 Å². The number of aldehydes is 1. The number of allylic oxidation sites excluding steroid dienone is 2. The van der Waals surface area contributed by atoms with E-state index < -0.39 is 0 Å². The van der Waals surface area contributed by atoms with Crippen molar-refractivity contribution in [2.75, 3.05) is 13.7 Å². The van der Waals surface area contributed by atoms with Crippen LogP contribution in [-0.2, 0) is 6.42 Å². The number of furan rings is 1. The molecule has 2 aromatic rings. The number of hydrogen-bond donors (Lipinski definition) is 1. The number of rotatable bonds is 6. The van der Waals surface area contributed by atoms with Crippen molar-refractivity contribution >= 4 is 22.8 Å². The molecule has 1 aliphatic carbocycles. The molecule has 4 heteroatoms. The second-order valence-electron chi connectivity index (χ2n) is 5.59. The van der Waals surface area contributed by atoms with Gasteiger partial charge in [0.15, 0.2) is 17.6 Å². The van der Waals surface area contributed by atoms with Crippen LogP contribution < -0.4 is 4.74 Å². The average Bonchev–Trinajstić information content (AvgIpc) is 3.18. The minimum Gasteiger partial charge on any atom is -0.493 e. The first kappa shape index (κ1) is 14.9. The van der Waals surface area contributed by atoms with Crippen LogP contribution in [0.4, 0.5) is 0 Å². The standard InChI is InChI=1S/C18H20O4/c1-21-16-10-12(5-4-8-19)9-14-15(11-20)17(22-18(14)16)13-6-2-3-7-13/h6,9-11,19H,2-5,7-8H2,1H3. The van der Waals surface area contributed by atoms with Gasteiger partial charge >= 0.3 is 0 Å². The van der Waals surface area contributed by atoms with E-state index in [4.69, 9.17) is 14.3 Å². The Morgan fingerprint density at radius 2 is 2.27 bits per heavy atom. The molecule has 0 saturated carbocycles. The van der Waals surface area contributed by atoms with E-state index in [1.165, 1.54) is 0 Å². The quantitative estimate of drug-likeness (QED) is 0.825. The molecule has 0 spiro atoms. The maximum atomic E-state index is 11.6. The smallest absolute Gasteiger partial charge is 0.177 e. The van der Waals surface area contributed by atoms with Gasteiger partial charge in [-0.05, 0) is 55.4 Å². The molecule has 1 heterocycles. The molecule has 1 N–H and O–H groups in total. The van der Waals surface area contributed by atoms with Gasteiger partial charge in [0.25, 0.3) is 0 Å². The monoisotopic (exact) mass is 300 g/mol. The fraction of sp³-hybridized carbons (Fsp3) is 0.389. The van der Waals surface area contributed by atoms with Gasteiger partial charge in [-0.15, -0.1) is 0 Å². The second kappa shape index (κ2) is 6.36. The molecule has 22 heavy (non-hydrogen) atoms. The largest absolute Gasteiger partial charge is 0.493 e. The molecule has 1 aromatic carbocycles. The zero-order chi connectivity index (χ0) is 15.5. The molecular formula is C18H20O4. The fourth-order valence-electron chi connectivity index (χ4n) is 3.06. The number of carbonyl (C=O) groups is 1. The van der Waals surface area contributed by atoms with Gasteiger partial charge in [0, 0.05) is 12.0 Å². The van der Waals surface area contributed by atoms with Crippen molar-refractivity contribution in [2.24, 2.45) is 0 Å². The third kappa shape index (κ3) is 2.55. The van der Waals surface area contributed by atoms with Crippen LogP contribution in [0.2, 0.25) is 0 Å². The van der Waals surface area contributed by atoms with E-state index >= 15 is 0 Å². The summed E-state index contributed by atoms with van der Waals surface area (Å²) in [4.78, 5) is 11.6. The molecule has 1 aromatic heterocycles. The highest BCUT2D eigenvalue weighted by molar-refractivity contribution is 6.03. The molecule has 0 fully saturated rings. The van der Waals surface area contributed by atoms with Crippen LogP contribution in [0.3, 0.4) is 0 Å². The molecule has 3 rings (SSSR count). The van der Waals surface area contributed by atoms with Crippen LogP contribution in [-0.4, -0.2) is 25.1 Å². The summed E-state index contributed by atoms with van der Waals surface area (Å²) >= 11 is 0. The van der Waals surface area contributed by atoms with Crippen molar-refractivity contribution in [2.45, 2.75) is 32.1 Å². The summed E-state index contributed by atoms with van der Waals surface area (Å²) in [5.74, 6) is 1.32. The molecule has 0 radical (unpaired) electrons. The normalized spacial score (nSPS) is 14.4. The van der Waals surface area contributed by atoms with Crippen molar-refractivity contribution < 1.29 is 19.1 Å². The molecular weight excluding hydrogens is 280 g/mol. The van der Waals surface area contributed by atoms with Crippen LogP contribution >= 0.6 is 0 Å². The number of fused-ring (bicyclic) bond motifs is 1. The van der Waals surface area contributed by atoms with Crippen LogP contribution in [0.15, 0.2) is 22.6 Å². The Balaban J connectivity index is 2.17. The molecule has 0 aliphatic heterocycles. The SMILES string of the molecule is COc1cc(CCCO)cc2c(C=O)c(C3=CCCC3)oc12. The lowest BCUT2D eigenvalue weighted by Crippen LogP contribution is -1.92. The highest BCUT2D eigenvalue weighted by atomic mass is 16.5. The summed E-state index contributed by atoms with van der Waals surface area (Å²) in [5.41, 5.74) is 3.37. The first-order valence-electron chi connectivity index (χ1n) is 7.67. The van der Waals surface area contributed by atoms with Gasteiger partial charge in [-0.2, -0.15) is 0 Å². The predicted molar refractivity (Wildman–Crippen MR) is 85.4 cm³/mol. The molecule has 116 valence electrons. The van der Waals surface area contributed by atoms with Crippen molar-refractivity contribution in [1.82, 2.24) is 0 Å². The maximum Gasteiger partial charge on any atom is 0.177 e. The molecule has 0 atom stereocenters. The first-order chi connectivity index (χ1) is 10.8. The van der Waals surface area contributed by atoms with E-state index in [0.29, 0.717) is 29.1 Å². The molecule has 0 unspecified atom stereocenters. The number of methoxy groups -OCH3 is 1. The van der Waals surface area contributed by atoms with Gasteiger partial charge in [-0.1, -0.05) is 6.08 Å². The zero-order valence-electron chi connectivity index (χ0n) is 12.7. The highest BCUT2D eigenvalue weighted by Crippen LogP contribution is 2.39. The summed E-state index contributed by atoms with van der Waals surface area (Å²) in [5, 5.41) is 9.80. The number of hydrogen-bond acceptors (Lipinski definition) is 4. The second-order valence-corrected chi connectivity index (χ2v) is 5.59. The van der Waals surface area contributed by atoms with Crippen molar-refractivity contribution in [3.8, 4) is 5.75 Å². The third-order valence-corrected chi connectivity index (χ3v) is 4.15. The number of benzene rings is 1. The highest BCUT2D eigenvalue weighted by Gasteiger charge is 2.21. The van der Waals surface area contributed by atoms with Crippen molar-refractivity contribution in [3.05, 3.63) is 35.1 Å². The van der Waals surface area contributed by atoms with Crippen molar-refractivity contribution in [3.63, 3.8) is 0 Å². The first-order valence-corrected chi connectivity index (χ1v) is 7.67. The molecule has 1 aliphatic rings. The molecule has 0 saturated heterocycles. The average molecular weight is 300 g/mol. The minimum atomic E-state index is 0.143. The van der Waals surface area contributed by atoms with Gasteiger partial charge in [0.1, 0.15) is 5.76 Å². The van der Waals surface area contributed by atoms with E-state index in [1.807, 2.05) is 12.1 Å². The number of ether oxygens (including phenoxy) is 1. The summed E-state index contributed by atoms with van der Waals surface area (Å²) in [6.45, 7) is 0.143. The van der Waals surface area contributed by atoms with Crippen molar-refractivity contribution in [1.29, 1.82) is 0 Å². The third-order valence-electron chi connectivity index (χ3n) is 4.15. The maximum absolute atomic E-state index is 11.6. The lowest BCUT2D eigenvalue weighted by atomic mass is 10.0. The van der Waals surface area contributed by atoms with Gasteiger partial charge in [-0.3, -0.25) is 4.79 Å². The summed E-state index contributed by atoms with van der Waals surface area (Å²) in [6.07, 6.45) is 7.51. The fourth-order valence-corrected chi connectivity index (χ4v) is 3.06. The van der Waals surface area contributed by atoms with Gasteiger partial charge < -0.3 is 14.3 Å². The van der Waals surface area contributed by atoms with E-state index in [2.05, 4.69) is 6.08 Å². The Morgan fingerprint density at radius 1 is 1.41 bits per heavy atom. The molecule has 0 bridgehead atoms. The lowest BCUT2D eigenvalue weighted by Gasteiger charge is -2.05. The summed E-state index contributed by atoms with van der Waals surface area (Å²) < 4.78 is 11.4. The predicted octanol–water partition coefficient (Wildman–Crippen LogP) is 3.75. The zero-order valence-corrected chi connectivity index (χ0v) is 12.7. The van der Waals surface area contributed by atoms with E-state index in [-0.39, 0.29) is 6.61 Å². The number of aliphatic hydroxyl groups is 1. The molecule has 4 nitrogen and oxygen atoms in total. The van der Waals surface area contributed by atoms with Gasteiger partial charge in [0.2, 0.25) is 0 Å². The topological polar surface area (TPSA) is 59.7 Å². The van der Waals surface area contributed by atoms with Gasteiger partial charge in [0.05, 0.1) is 12.7 Å². The van der Waals surface area contributed by atoms with Crippen LogP contribution in [0.5, 0.6) is 5.75 Å². The van der Waals surface area contributed by atoms with Crippen LogP contribution in [0.1, 0.15) is 47.4 Å². The number of aryl methyl sites for hydroxylation is 1. The molecule has 0 amide bonds. The Morgan fingerprint density at radius 3 is 2.91 bits per heavy atom. The number of aliphatic hydroxyl groups excluding tert-OH is 1. The number of carbonyl (C=O) groups excluding carboxylic acids is 1. The van der Waals surface area contributed by atoms with Crippen LogP contribution in [0, 0.1) is 0 Å². The Labute approximate surface area is 129 Å². The van der Waals surface area contributed by atoms with Gasteiger partial charge in [-0.25, -0.2) is 0 Å². The van der Waals surface area contributed by atoms with Crippen LogP contribution in [0.25, 0.3) is 16.5 Å². The Bertz CT molecular complexity index is 724. The summed E-state index contributed by atoms with van der Waals surface area (Å²) in [7, 11) is 1.60. The minimum absolute atomic E-state index is 0.143. The lowest BCUT2D eigenvalue weighted by molar-refractivity contribution is 0.112. The Hall–Kier alpha value is -2.07. The summed E-state index contributed by atoms with van der Waals surface area (Å²) in [6, 6.07) is 3.89. The van der Waals surface area contributed by atoms with E-state index in [0.717, 1.165) is 48.5 Å². The van der Waals surface area contributed by atoms with E-state index in [1.54, 1.807) is 7.11 Å².